The first-order valence-corrected chi connectivity index (χ1v) is 6.31. The second-order valence-corrected chi connectivity index (χ2v) is 4.28. The van der Waals surface area contributed by atoms with E-state index >= 15 is 0 Å². The van der Waals surface area contributed by atoms with E-state index in [2.05, 4.69) is 33.9 Å². The Morgan fingerprint density at radius 2 is 2.22 bits per heavy atom. The lowest BCUT2D eigenvalue weighted by Crippen LogP contribution is -2.25. The number of nitrogens with one attached hydrogen (secondary N) is 1. The number of aromatic nitrogens is 2. The molecule has 2 aromatic rings. The highest BCUT2D eigenvalue weighted by atomic mass is 15.1. The number of hydrogen-bond donors (Lipinski definition) is 1. The zero-order chi connectivity index (χ0) is 13.0. The summed E-state index contributed by atoms with van der Waals surface area (Å²) in [5, 5.41) is 12.0. The molecule has 1 aromatic carbocycles. The smallest absolute Gasteiger partial charge is 0.109 e. The minimum Gasteiger partial charge on any atom is -0.328 e. The van der Waals surface area contributed by atoms with Crippen molar-refractivity contribution in [1.29, 1.82) is 5.26 Å². The normalized spacial score (nSPS) is 12.5. The number of aryl methyl sites for hydroxylation is 2. The highest BCUT2D eigenvalue weighted by molar-refractivity contribution is 5.75. The maximum absolute atomic E-state index is 8.96. The molecule has 1 atom stereocenters. The zero-order valence-corrected chi connectivity index (χ0v) is 10.8. The van der Waals surface area contributed by atoms with Gasteiger partial charge in [0.05, 0.1) is 23.1 Å². The summed E-state index contributed by atoms with van der Waals surface area (Å²) in [7, 11) is 1.82. The van der Waals surface area contributed by atoms with Gasteiger partial charge in [-0.05, 0) is 25.6 Å². The van der Waals surface area contributed by atoms with Crippen molar-refractivity contribution < 1.29 is 0 Å². The number of hydrogen-bond acceptors (Lipinski definition) is 3. The molecule has 0 spiro atoms. The average molecular weight is 242 g/mol. The van der Waals surface area contributed by atoms with Gasteiger partial charge in [0.25, 0.3) is 0 Å². The van der Waals surface area contributed by atoms with Crippen LogP contribution < -0.4 is 5.32 Å². The predicted molar refractivity (Wildman–Crippen MR) is 72.2 cm³/mol. The van der Waals surface area contributed by atoms with Crippen molar-refractivity contribution in [3.63, 3.8) is 0 Å². The van der Waals surface area contributed by atoms with Crippen LogP contribution in [-0.4, -0.2) is 22.6 Å². The summed E-state index contributed by atoms with van der Waals surface area (Å²) in [5.41, 5.74) is 2.19. The van der Waals surface area contributed by atoms with Crippen LogP contribution in [0.25, 0.3) is 11.0 Å². The first-order chi connectivity index (χ1) is 8.80. The van der Waals surface area contributed by atoms with Gasteiger partial charge in [0.1, 0.15) is 5.82 Å². The molecule has 1 N–H and O–H groups in total. The van der Waals surface area contributed by atoms with E-state index in [-0.39, 0.29) is 6.04 Å². The number of rotatable bonds is 5. The Kier molecular flexibility index (Phi) is 3.96. The van der Waals surface area contributed by atoms with Crippen LogP contribution in [0.15, 0.2) is 24.3 Å². The van der Waals surface area contributed by atoms with Gasteiger partial charge in [0.15, 0.2) is 0 Å². The van der Waals surface area contributed by atoms with Gasteiger partial charge in [0.2, 0.25) is 0 Å². The van der Waals surface area contributed by atoms with Crippen molar-refractivity contribution in [2.24, 2.45) is 0 Å². The molecule has 0 fully saturated rings. The van der Waals surface area contributed by atoms with E-state index in [4.69, 9.17) is 5.26 Å². The maximum Gasteiger partial charge on any atom is 0.109 e. The van der Waals surface area contributed by atoms with Crippen LogP contribution >= 0.6 is 0 Å². The zero-order valence-electron chi connectivity index (χ0n) is 10.8. The third-order valence-corrected chi connectivity index (χ3v) is 3.20. The van der Waals surface area contributed by atoms with Crippen molar-refractivity contribution in [3.8, 4) is 6.07 Å². The molecule has 1 aromatic heterocycles. The van der Waals surface area contributed by atoms with Crippen LogP contribution in [0.5, 0.6) is 0 Å². The summed E-state index contributed by atoms with van der Waals surface area (Å²) in [6.07, 6.45) is 1.70. The topological polar surface area (TPSA) is 53.6 Å². The van der Waals surface area contributed by atoms with Gasteiger partial charge in [-0.2, -0.15) is 5.26 Å². The Labute approximate surface area is 107 Å². The summed E-state index contributed by atoms with van der Waals surface area (Å²) in [6, 6.07) is 10.3. The number of imidazole rings is 1. The van der Waals surface area contributed by atoms with E-state index in [1.807, 2.05) is 25.2 Å². The third-order valence-electron chi connectivity index (χ3n) is 3.20. The fraction of sp³-hybridized carbons (Fsp3) is 0.429. The van der Waals surface area contributed by atoms with Crippen molar-refractivity contribution in [3.05, 3.63) is 30.1 Å². The van der Waals surface area contributed by atoms with Crippen LogP contribution in [-0.2, 0) is 13.0 Å². The Balaban J connectivity index is 2.28. The molecule has 2 rings (SSSR count). The molecule has 0 saturated heterocycles. The SMILES string of the molecule is CCc1nc2ccccc2n1CCC(C#N)NC. The van der Waals surface area contributed by atoms with Gasteiger partial charge >= 0.3 is 0 Å². The summed E-state index contributed by atoms with van der Waals surface area (Å²) in [5.74, 6) is 1.09. The van der Waals surface area contributed by atoms with E-state index in [0.717, 1.165) is 36.2 Å². The molecule has 94 valence electrons. The van der Waals surface area contributed by atoms with Crippen LogP contribution in [0.3, 0.4) is 0 Å². The predicted octanol–water partition coefficient (Wildman–Crippen LogP) is 2.10. The second kappa shape index (κ2) is 5.65. The van der Waals surface area contributed by atoms with Crippen molar-refractivity contribution in [2.75, 3.05) is 7.05 Å². The van der Waals surface area contributed by atoms with Gasteiger partial charge in [-0.3, -0.25) is 0 Å². The Hall–Kier alpha value is -1.86. The molecule has 0 bridgehead atoms. The van der Waals surface area contributed by atoms with E-state index in [0.29, 0.717) is 0 Å². The molecule has 0 amide bonds. The molecular weight excluding hydrogens is 224 g/mol. The first-order valence-electron chi connectivity index (χ1n) is 6.31. The molecule has 1 heterocycles. The Bertz CT molecular complexity index is 565. The Morgan fingerprint density at radius 1 is 1.44 bits per heavy atom. The number of para-hydroxylation sites is 2. The van der Waals surface area contributed by atoms with Crippen LogP contribution in [0.4, 0.5) is 0 Å². The number of fused-ring (bicyclic) bond motifs is 1. The van der Waals surface area contributed by atoms with Gasteiger partial charge in [-0.15, -0.1) is 0 Å². The second-order valence-electron chi connectivity index (χ2n) is 4.28. The lowest BCUT2D eigenvalue weighted by atomic mass is 10.2. The third kappa shape index (κ3) is 2.36. The molecule has 1 unspecified atom stereocenters. The van der Waals surface area contributed by atoms with Crippen LogP contribution in [0.2, 0.25) is 0 Å². The fourth-order valence-corrected chi connectivity index (χ4v) is 2.18. The number of nitriles is 1. The lowest BCUT2D eigenvalue weighted by Gasteiger charge is -2.11. The monoisotopic (exact) mass is 242 g/mol. The molecule has 0 aliphatic heterocycles. The standard InChI is InChI=1S/C14H18N4/c1-3-14-17-12-6-4-5-7-13(12)18(14)9-8-11(10-15)16-2/h4-7,11,16H,3,8-9H2,1-2H3. The molecule has 4 heteroatoms. The summed E-state index contributed by atoms with van der Waals surface area (Å²) in [6.45, 7) is 2.93. The Morgan fingerprint density at radius 3 is 2.89 bits per heavy atom. The number of nitrogens with zero attached hydrogens (tertiary/aromatic N) is 3. The van der Waals surface area contributed by atoms with E-state index < -0.39 is 0 Å². The highest BCUT2D eigenvalue weighted by Crippen LogP contribution is 2.17. The van der Waals surface area contributed by atoms with Crippen molar-refractivity contribution in [2.45, 2.75) is 32.4 Å². The minimum absolute atomic E-state index is 0.101. The first kappa shape index (κ1) is 12.6. The molecule has 18 heavy (non-hydrogen) atoms. The average Bonchev–Trinajstić information content (AvgIpc) is 2.78. The molecule has 0 aliphatic rings. The quantitative estimate of drug-likeness (QED) is 0.873. The lowest BCUT2D eigenvalue weighted by molar-refractivity contribution is 0.548. The van der Waals surface area contributed by atoms with Gasteiger partial charge in [-0.1, -0.05) is 19.1 Å². The van der Waals surface area contributed by atoms with Crippen molar-refractivity contribution >= 4 is 11.0 Å². The summed E-state index contributed by atoms with van der Waals surface area (Å²) < 4.78 is 2.22. The molecular formula is C14H18N4. The minimum atomic E-state index is -0.101. The number of benzene rings is 1. The molecule has 0 saturated carbocycles. The molecule has 4 nitrogen and oxygen atoms in total. The summed E-state index contributed by atoms with van der Waals surface area (Å²) in [4.78, 5) is 4.62. The molecule has 0 radical (unpaired) electrons. The van der Waals surface area contributed by atoms with Crippen LogP contribution in [0.1, 0.15) is 19.2 Å². The van der Waals surface area contributed by atoms with Crippen LogP contribution in [0, 0.1) is 11.3 Å². The summed E-state index contributed by atoms with van der Waals surface area (Å²) >= 11 is 0. The van der Waals surface area contributed by atoms with Gasteiger partial charge < -0.3 is 9.88 Å². The van der Waals surface area contributed by atoms with Gasteiger partial charge in [0, 0.05) is 13.0 Å². The molecule has 0 aliphatic carbocycles. The fourth-order valence-electron chi connectivity index (χ4n) is 2.18. The van der Waals surface area contributed by atoms with Gasteiger partial charge in [-0.25, -0.2) is 4.98 Å². The van der Waals surface area contributed by atoms with E-state index in [9.17, 15) is 0 Å². The maximum atomic E-state index is 8.96. The van der Waals surface area contributed by atoms with E-state index in [1.54, 1.807) is 0 Å². The van der Waals surface area contributed by atoms with E-state index in [1.165, 1.54) is 0 Å². The van der Waals surface area contributed by atoms with Crippen molar-refractivity contribution in [1.82, 2.24) is 14.9 Å². The highest BCUT2D eigenvalue weighted by Gasteiger charge is 2.10. The largest absolute Gasteiger partial charge is 0.328 e.